The topological polar surface area (TPSA) is 92.3 Å². The summed E-state index contributed by atoms with van der Waals surface area (Å²) in [5.74, 6) is -0.0545. The van der Waals surface area contributed by atoms with Crippen LogP contribution in [-0.4, -0.2) is 29.8 Å². The van der Waals surface area contributed by atoms with Gasteiger partial charge in [0.25, 0.3) is 0 Å². The van der Waals surface area contributed by atoms with Crippen molar-refractivity contribution in [3.63, 3.8) is 0 Å². The van der Waals surface area contributed by atoms with E-state index in [-0.39, 0.29) is 23.4 Å². The van der Waals surface area contributed by atoms with Crippen LogP contribution in [0.2, 0.25) is 0 Å². The molecule has 4 aromatic rings. The number of halogens is 1. The fourth-order valence-corrected chi connectivity index (χ4v) is 4.82. The van der Waals surface area contributed by atoms with Crippen molar-refractivity contribution in [2.24, 2.45) is 0 Å². The first-order chi connectivity index (χ1) is 16.0. The number of amides is 3. The molecular formula is C23H19FN4O3S2. The number of para-hydroxylation sites is 1. The van der Waals surface area contributed by atoms with Gasteiger partial charge in [0.05, 0.1) is 28.8 Å². The van der Waals surface area contributed by atoms with Crippen LogP contribution in [-0.2, 0) is 4.79 Å². The summed E-state index contributed by atoms with van der Waals surface area (Å²) in [4.78, 5) is 29.0. The van der Waals surface area contributed by atoms with E-state index in [4.69, 9.17) is 4.74 Å². The van der Waals surface area contributed by atoms with E-state index in [1.54, 1.807) is 55.6 Å². The SMILES string of the molecule is COc1cccc(NC(=O)Nc2ccc3nc(SCC(=O)Nc4ccccc4F)sc3c2)c1. The first kappa shape index (κ1) is 22.6. The first-order valence-corrected chi connectivity index (χ1v) is 11.6. The molecule has 0 fully saturated rings. The van der Waals surface area contributed by atoms with Gasteiger partial charge in [-0.05, 0) is 42.5 Å². The molecule has 0 radical (unpaired) electrons. The van der Waals surface area contributed by atoms with Crippen LogP contribution in [0.3, 0.4) is 0 Å². The molecule has 7 nitrogen and oxygen atoms in total. The van der Waals surface area contributed by atoms with Gasteiger partial charge in [-0.3, -0.25) is 4.79 Å². The van der Waals surface area contributed by atoms with Crippen LogP contribution in [0.25, 0.3) is 10.2 Å². The Labute approximate surface area is 197 Å². The molecule has 0 aliphatic rings. The maximum Gasteiger partial charge on any atom is 0.323 e. The number of nitrogens with one attached hydrogen (secondary N) is 3. The second kappa shape index (κ2) is 10.3. The Kier molecular flexibility index (Phi) is 7.06. The van der Waals surface area contributed by atoms with Gasteiger partial charge >= 0.3 is 6.03 Å². The molecule has 10 heteroatoms. The highest BCUT2D eigenvalue weighted by atomic mass is 32.2. The highest BCUT2D eigenvalue weighted by Gasteiger charge is 2.11. The Morgan fingerprint density at radius 2 is 1.79 bits per heavy atom. The highest BCUT2D eigenvalue weighted by molar-refractivity contribution is 8.01. The predicted molar refractivity (Wildman–Crippen MR) is 131 cm³/mol. The van der Waals surface area contributed by atoms with Gasteiger partial charge < -0.3 is 20.7 Å². The van der Waals surface area contributed by atoms with Crippen molar-refractivity contribution in [2.75, 3.05) is 28.8 Å². The second-order valence-electron chi connectivity index (χ2n) is 6.79. The summed E-state index contributed by atoms with van der Waals surface area (Å²) in [6, 6.07) is 18.1. The third-order valence-corrected chi connectivity index (χ3v) is 6.59. The van der Waals surface area contributed by atoms with E-state index in [0.717, 1.165) is 10.2 Å². The number of fused-ring (bicyclic) bond motifs is 1. The number of hydrogen-bond donors (Lipinski definition) is 3. The predicted octanol–water partition coefficient (Wildman–Crippen LogP) is 5.82. The van der Waals surface area contributed by atoms with Gasteiger partial charge in [0.2, 0.25) is 5.91 Å². The Morgan fingerprint density at radius 3 is 2.58 bits per heavy atom. The number of ether oxygens (including phenoxy) is 1. The zero-order chi connectivity index (χ0) is 23.2. The van der Waals surface area contributed by atoms with Gasteiger partial charge in [-0.15, -0.1) is 11.3 Å². The van der Waals surface area contributed by atoms with E-state index in [0.29, 0.717) is 21.5 Å². The van der Waals surface area contributed by atoms with E-state index < -0.39 is 5.82 Å². The fraction of sp³-hybridized carbons (Fsp3) is 0.0870. The quantitative estimate of drug-likeness (QED) is 0.289. The maximum atomic E-state index is 13.7. The Bertz CT molecular complexity index is 1310. The van der Waals surface area contributed by atoms with Gasteiger partial charge in [-0.25, -0.2) is 14.2 Å². The lowest BCUT2D eigenvalue weighted by Crippen LogP contribution is -2.19. The molecule has 3 N–H and O–H groups in total. The number of hydrogen-bond acceptors (Lipinski definition) is 6. The summed E-state index contributed by atoms with van der Waals surface area (Å²) in [6.07, 6.45) is 0. The molecule has 0 aliphatic heterocycles. The summed E-state index contributed by atoms with van der Waals surface area (Å²) in [5.41, 5.74) is 2.13. The minimum atomic E-state index is -0.480. The number of rotatable bonds is 7. The van der Waals surface area contributed by atoms with Crippen molar-refractivity contribution in [3.8, 4) is 5.75 Å². The van der Waals surface area contributed by atoms with Gasteiger partial charge in [-0.2, -0.15) is 0 Å². The molecular weight excluding hydrogens is 463 g/mol. The van der Waals surface area contributed by atoms with E-state index in [2.05, 4.69) is 20.9 Å². The zero-order valence-corrected chi connectivity index (χ0v) is 19.1. The number of carbonyl (C=O) groups excluding carboxylic acids is 2. The molecule has 33 heavy (non-hydrogen) atoms. The minimum Gasteiger partial charge on any atom is -0.497 e. The number of nitrogens with zero attached hydrogens (tertiary/aromatic N) is 1. The zero-order valence-electron chi connectivity index (χ0n) is 17.4. The number of anilines is 3. The minimum absolute atomic E-state index is 0.0994. The van der Waals surface area contributed by atoms with Gasteiger partial charge in [0.15, 0.2) is 4.34 Å². The maximum absolute atomic E-state index is 13.7. The largest absolute Gasteiger partial charge is 0.497 e. The van der Waals surface area contributed by atoms with Gasteiger partial charge in [0, 0.05) is 17.4 Å². The average Bonchev–Trinajstić information content (AvgIpc) is 3.21. The van der Waals surface area contributed by atoms with Crippen LogP contribution in [0.4, 0.5) is 26.2 Å². The standard InChI is InChI=1S/C23H19FN4O3S2/c1-31-16-6-4-5-14(11-16)25-22(30)26-15-9-10-19-20(12-15)33-23(28-19)32-13-21(29)27-18-8-3-2-7-17(18)24/h2-12H,13H2,1H3,(H,27,29)(H2,25,26,30). The van der Waals surface area contributed by atoms with Crippen LogP contribution in [0.1, 0.15) is 0 Å². The number of benzene rings is 3. The molecule has 3 aromatic carbocycles. The lowest BCUT2D eigenvalue weighted by Gasteiger charge is -2.08. The molecule has 0 unspecified atom stereocenters. The summed E-state index contributed by atoms with van der Waals surface area (Å²) in [6.45, 7) is 0. The molecule has 0 saturated carbocycles. The summed E-state index contributed by atoms with van der Waals surface area (Å²) in [5, 5.41) is 8.10. The summed E-state index contributed by atoms with van der Waals surface area (Å²) < 4.78 is 20.4. The average molecular weight is 483 g/mol. The van der Waals surface area contributed by atoms with Crippen molar-refractivity contribution in [3.05, 3.63) is 72.5 Å². The third kappa shape index (κ3) is 5.99. The normalized spacial score (nSPS) is 10.6. The lowest BCUT2D eigenvalue weighted by molar-refractivity contribution is -0.113. The third-order valence-electron chi connectivity index (χ3n) is 4.43. The summed E-state index contributed by atoms with van der Waals surface area (Å²) in [7, 11) is 1.56. The molecule has 0 spiro atoms. The van der Waals surface area contributed by atoms with E-state index in [1.165, 1.54) is 35.2 Å². The van der Waals surface area contributed by atoms with Crippen LogP contribution >= 0.6 is 23.1 Å². The van der Waals surface area contributed by atoms with Crippen LogP contribution in [0.5, 0.6) is 5.75 Å². The highest BCUT2D eigenvalue weighted by Crippen LogP contribution is 2.31. The molecule has 0 atom stereocenters. The first-order valence-electron chi connectivity index (χ1n) is 9.80. The number of aromatic nitrogens is 1. The van der Waals surface area contributed by atoms with E-state index in [1.807, 2.05) is 6.07 Å². The fourth-order valence-electron chi connectivity index (χ4n) is 2.91. The second-order valence-corrected chi connectivity index (χ2v) is 9.04. The van der Waals surface area contributed by atoms with Crippen LogP contribution in [0, 0.1) is 5.82 Å². The van der Waals surface area contributed by atoms with Crippen molar-refractivity contribution < 1.29 is 18.7 Å². The monoisotopic (exact) mass is 482 g/mol. The lowest BCUT2D eigenvalue weighted by atomic mass is 10.3. The molecule has 4 rings (SSSR count). The van der Waals surface area contributed by atoms with Gasteiger partial charge in [0.1, 0.15) is 11.6 Å². The molecule has 3 amide bonds. The Morgan fingerprint density at radius 1 is 1.00 bits per heavy atom. The molecule has 1 aromatic heterocycles. The van der Waals surface area contributed by atoms with Crippen LogP contribution < -0.4 is 20.7 Å². The number of thioether (sulfide) groups is 1. The van der Waals surface area contributed by atoms with Crippen molar-refractivity contribution >= 4 is 62.3 Å². The number of methoxy groups -OCH3 is 1. The van der Waals surface area contributed by atoms with Gasteiger partial charge in [-0.1, -0.05) is 30.0 Å². The van der Waals surface area contributed by atoms with Crippen molar-refractivity contribution in [1.82, 2.24) is 4.98 Å². The molecule has 0 aliphatic carbocycles. The van der Waals surface area contributed by atoms with Crippen LogP contribution in [0.15, 0.2) is 71.1 Å². The van der Waals surface area contributed by atoms with Crippen molar-refractivity contribution in [2.45, 2.75) is 4.34 Å². The number of carbonyl (C=O) groups is 2. The molecule has 1 heterocycles. The summed E-state index contributed by atoms with van der Waals surface area (Å²) >= 11 is 2.67. The Balaban J connectivity index is 1.35. The smallest absolute Gasteiger partial charge is 0.323 e. The Hall–Kier alpha value is -3.63. The molecule has 168 valence electrons. The number of thiazole rings is 1. The molecule has 0 saturated heterocycles. The molecule has 0 bridgehead atoms. The van der Waals surface area contributed by atoms with Crippen molar-refractivity contribution in [1.29, 1.82) is 0 Å². The number of urea groups is 1. The van der Waals surface area contributed by atoms with E-state index >= 15 is 0 Å². The van der Waals surface area contributed by atoms with E-state index in [9.17, 15) is 14.0 Å².